The highest BCUT2D eigenvalue weighted by Crippen LogP contribution is 2.23. The molecule has 2 atom stereocenters. The lowest BCUT2D eigenvalue weighted by molar-refractivity contribution is -0.274. The van der Waals surface area contributed by atoms with Gasteiger partial charge < -0.3 is 30.7 Å². The molecule has 0 bridgehead atoms. The minimum Gasteiger partial charge on any atom is -0.508 e. The van der Waals surface area contributed by atoms with E-state index in [2.05, 4.69) is 15.4 Å². The van der Waals surface area contributed by atoms with E-state index in [0.29, 0.717) is 23.1 Å². The summed E-state index contributed by atoms with van der Waals surface area (Å²) in [7, 11) is 0. The van der Waals surface area contributed by atoms with E-state index in [4.69, 9.17) is 0 Å². The van der Waals surface area contributed by atoms with Crippen molar-refractivity contribution in [1.29, 1.82) is 0 Å². The maximum absolute atomic E-state index is 12.4. The predicted molar refractivity (Wildman–Crippen MR) is 135 cm³/mol. The summed E-state index contributed by atoms with van der Waals surface area (Å²) in [5, 5.41) is 35.5. The number of amides is 1. The number of hydrogen-bond donors (Lipinski definition) is 5. The van der Waals surface area contributed by atoms with Crippen LogP contribution in [0.1, 0.15) is 40.8 Å². The molecule has 0 heterocycles. The molecule has 38 heavy (non-hydrogen) atoms. The first-order chi connectivity index (χ1) is 18.0. The second kappa shape index (κ2) is 13.3. The Bertz CT molecular complexity index is 1200. The molecule has 0 aliphatic heterocycles. The molecule has 0 saturated heterocycles. The van der Waals surface area contributed by atoms with Gasteiger partial charge in [-0.25, -0.2) is 0 Å². The van der Waals surface area contributed by atoms with Gasteiger partial charge in [0.05, 0.1) is 19.1 Å². The topological polar surface area (TPSA) is 111 Å². The van der Waals surface area contributed by atoms with Crippen LogP contribution in [0.15, 0.2) is 66.7 Å². The number of aromatic hydroxyl groups is 1. The van der Waals surface area contributed by atoms with Gasteiger partial charge >= 0.3 is 6.36 Å². The van der Waals surface area contributed by atoms with E-state index < -0.39 is 12.5 Å². The minimum absolute atomic E-state index is 0.0208. The molecule has 3 aromatic rings. The Morgan fingerprint density at radius 3 is 2.39 bits per heavy atom. The van der Waals surface area contributed by atoms with E-state index in [1.54, 1.807) is 12.1 Å². The molecule has 204 valence electrons. The molecule has 0 unspecified atom stereocenters. The highest BCUT2D eigenvalue weighted by atomic mass is 19.4. The van der Waals surface area contributed by atoms with E-state index in [-0.39, 0.29) is 49.6 Å². The summed E-state index contributed by atoms with van der Waals surface area (Å²) in [6.07, 6.45) is -4.76. The number of aliphatic hydroxyl groups excluding tert-OH is 2. The number of nitrogens with one attached hydrogen (secondary N) is 2. The molecule has 10 heteroatoms. The normalized spacial score (nSPS) is 13.1. The Morgan fingerprint density at radius 2 is 1.71 bits per heavy atom. The van der Waals surface area contributed by atoms with Gasteiger partial charge in [0, 0.05) is 24.7 Å². The number of carbonyl (C=O) groups is 1. The molecule has 3 aromatic carbocycles. The third-order valence-electron chi connectivity index (χ3n) is 5.86. The minimum atomic E-state index is -4.75. The molecule has 0 aliphatic carbocycles. The Hall–Kier alpha value is -3.60. The molecule has 1 amide bonds. The van der Waals surface area contributed by atoms with Crippen LogP contribution in [0, 0.1) is 0 Å². The summed E-state index contributed by atoms with van der Waals surface area (Å²) in [4.78, 5) is 12.4. The largest absolute Gasteiger partial charge is 0.573 e. The number of ether oxygens (including phenoxy) is 1. The monoisotopic (exact) mass is 532 g/mol. The number of aliphatic hydroxyl groups is 2. The maximum Gasteiger partial charge on any atom is 0.573 e. The van der Waals surface area contributed by atoms with E-state index in [1.807, 2.05) is 31.2 Å². The summed E-state index contributed by atoms with van der Waals surface area (Å²) in [6.45, 7) is 2.11. The van der Waals surface area contributed by atoms with Crippen molar-refractivity contribution in [2.75, 3.05) is 6.54 Å². The lowest BCUT2D eigenvalue weighted by Gasteiger charge is -2.18. The van der Waals surface area contributed by atoms with Crippen molar-refractivity contribution >= 4 is 5.91 Å². The van der Waals surface area contributed by atoms with Crippen molar-refractivity contribution in [3.63, 3.8) is 0 Å². The Morgan fingerprint density at radius 1 is 1.00 bits per heavy atom. The molecule has 7 nitrogen and oxygen atoms in total. The van der Waals surface area contributed by atoms with Crippen molar-refractivity contribution in [1.82, 2.24) is 10.6 Å². The Labute approximate surface area is 218 Å². The van der Waals surface area contributed by atoms with Gasteiger partial charge in [-0.05, 0) is 59.9 Å². The lowest BCUT2D eigenvalue weighted by atomic mass is 10.0. The fourth-order valence-corrected chi connectivity index (χ4v) is 3.92. The zero-order valence-electron chi connectivity index (χ0n) is 20.8. The van der Waals surface area contributed by atoms with Crippen molar-refractivity contribution in [2.24, 2.45) is 0 Å². The second-order valence-corrected chi connectivity index (χ2v) is 9.04. The van der Waals surface area contributed by atoms with Crippen LogP contribution >= 0.6 is 0 Å². The van der Waals surface area contributed by atoms with Crippen LogP contribution in [0.2, 0.25) is 0 Å². The van der Waals surface area contributed by atoms with Gasteiger partial charge in [0.1, 0.15) is 11.5 Å². The zero-order chi connectivity index (χ0) is 27.7. The molecule has 0 radical (unpaired) electrons. The smallest absolute Gasteiger partial charge is 0.508 e. The summed E-state index contributed by atoms with van der Waals surface area (Å²) in [5.41, 5.74) is 3.41. The van der Waals surface area contributed by atoms with E-state index >= 15 is 0 Å². The average Bonchev–Trinajstić information content (AvgIpc) is 2.86. The number of carbonyl (C=O) groups excluding carboxylic acids is 1. The Kier molecular flexibility index (Phi) is 10.1. The first-order valence-corrected chi connectivity index (χ1v) is 12.1. The number of rotatable bonds is 12. The molecular weight excluding hydrogens is 501 g/mol. The van der Waals surface area contributed by atoms with E-state index in [9.17, 15) is 33.3 Å². The summed E-state index contributed by atoms with van der Waals surface area (Å²) >= 11 is 0. The molecule has 3 rings (SSSR count). The molecule has 0 spiro atoms. The lowest BCUT2D eigenvalue weighted by Crippen LogP contribution is -2.32. The highest BCUT2D eigenvalue weighted by Gasteiger charge is 2.30. The van der Waals surface area contributed by atoms with Crippen LogP contribution in [0.25, 0.3) is 0 Å². The fraction of sp³-hybridized carbons (Fsp3) is 0.321. The number of benzene rings is 3. The molecule has 0 aromatic heterocycles. The van der Waals surface area contributed by atoms with Crippen molar-refractivity contribution in [3.8, 4) is 11.5 Å². The number of halogens is 3. The van der Waals surface area contributed by atoms with Crippen LogP contribution < -0.4 is 15.4 Å². The predicted octanol–water partition coefficient (Wildman–Crippen LogP) is 3.90. The molecule has 0 aliphatic rings. The van der Waals surface area contributed by atoms with Crippen LogP contribution in [0.4, 0.5) is 13.2 Å². The quantitative estimate of drug-likeness (QED) is 0.242. The van der Waals surface area contributed by atoms with Crippen molar-refractivity contribution in [3.05, 3.63) is 94.5 Å². The van der Waals surface area contributed by atoms with E-state index in [1.165, 1.54) is 30.3 Å². The van der Waals surface area contributed by atoms with Crippen LogP contribution in [-0.4, -0.2) is 40.2 Å². The molecule has 0 fully saturated rings. The third-order valence-corrected chi connectivity index (χ3v) is 5.86. The molecule has 0 saturated carbocycles. The van der Waals surface area contributed by atoms with Gasteiger partial charge in [-0.3, -0.25) is 4.79 Å². The second-order valence-electron chi connectivity index (χ2n) is 9.04. The van der Waals surface area contributed by atoms with Gasteiger partial charge in [0.15, 0.2) is 0 Å². The summed E-state index contributed by atoms with van der Waals surface area (Å²) < 4.78 is 40.6. The van der Waals surface area contributed by atoms with Crippen molar-refractivity contribution in [2.45, 2.75) is 51.4 Å². The van der Waals surface area contributed by atoms with Crippen LogP contribution in [0.5, 0.6) is 11.5 Å². The van der Waals surface area contributed by atoms with Crippen LogP contribution in [0.3, 0.4) is 0 Å². The molecule has 5 N–H and O–H groups in total. The Balaban J connectivity index is 1.45. The first-order valence-electron chi connectivity index (χ1n) is 12.1. The van der Waals surface area contributed by atoms with Gasteiger partial charge in [-0.15, -0.1) is 13.2 Å². The number of alkyl halides is 3. The maximum atomic E-state index is 12.4. The third kappa shape index (κ3) is 9.37. The first kappa shape index (κ1) is 29.0. The zero-order valence-corrected chi connectivity index (χ0v) is 20.8. The summed E-state index contributed by atoms with van der Waals surface area (Å²) in [6, 6.07) is 17.6. The summed E-state index contributed by atoms with van der Waals surface area (Å²) in [5.74, 6) is -0.561. The van der Waals surface area contributed by atoms with Gasteiger partial charge in [-0.2, -0.15) is 0 Å². The number of phenols is 1. The van der Waals surface area contributed by atoms with Gasteiger partial charge in [0.25, 0.3) is 0 Å². The standard InChI is InChI=1S/C28H31F3N2O5/c1-18(32-16-26(36)22-7-10-25(35)23(14-22)17-34)11-20-3-2-4-21(12-20)13-27(37)33-15-19-5-8-24(9-6-19)38-28(29,30)31/h2-10,12,14,18,26,32,34-36H,11,13,15-17H2,1H3,(H,33,37)/t18-,26+/m1/s1. The number of hydrogen-bond acceptors (Lipinski definition) is 6. The molecular formula is C28H31F3N2O5. The van der Waals surface area contributed by atoms with Crippen LogP contribution in [-0.2, 0) is 30.8 Å². The van der Waals surface area contributed by atoms with Gasteiger partial charge in [-0.1, -0.05) is 42.5 Å². The average molecular weight is 533 g/mol. The van der Waals surface area contributed by atoms with E-state index in [0.717, 1.165) is 11.1 Å². The van der Waals surface area contributed by atoms with Crippen molar-refractivity contribution < 1.29 is 38.0 Å². The fourth-order valence-electron chi connectivity index (χ4n) is 3.92. The van der Waals surface area contributed by atoms with Gasteiger partial charge in [0.2, 0.25) is 5.91 Å². The highest BCUT2D eigenvalue weighted by molar-refractivity contribution is 5.78. The SMILES string of the molecule is C[C@H](Cc1cccc(CC(=O)NCc2ccc(OC(F)(F)F)cc2)c1)NC[C@H](O)c1ccc(O)c(CO)c1.